The smallest absolute Gasteiger partial charge is 0.0656 e. The van der Waals surface area contributed by atoms with Crippen LogP contribution in [-0.2, 0) is 0 Å². The van der Waals surface area contributed by atoms with Crippen molar-refractivity contribution in [3.63, 3.8) is 0 Å². The highest BCUT2D eigenvalue weighted by Crippen LogP contribution is 2.76. The molecule has 0 amide bonds. The van der Waals surface area contributed by atoms with Crippen molar-refractivity contribution in [3.8, 4) is 0 Å². The molecule has 1 nitrogen and oxygen atoms in total. The molecule has 0 aromatic rings. The molecule has 4 bridgehead atoms. The molecule has 0 spiro atoms. The number of aliphatic hydroxyl groups is 1. The lowest BCUT2D eigenvalue weighted by atomic mass is 9.30. The number of rotatable bonds is 0. The summed E-state index contributed by atoms with van der Waals surface area (Å²) in [5.41, 5.74) is 0.561. The summed E-state index contributed by atoms with van der Waals surface area (Å²) < 4.78 is 0. The van der Waals surface area contributed by atoms with E-state index in [0.717, 1.165) is 18.3 Å². The van der Waals surface area contributed by atoms with Crippen molar-refractivity contribution in [2.45, 2.75) is 59.0 Å². The molecule has 4 saturated carbocycles. The number of hydrogen-bond acceptors (Lipinski definition) is 1. The maximum absolute atomic E-state index is 10.6. The van der Waals surface area contributed by atoms with Gasteiger partial charge in [0.15, 0.2) is 0 Å². The highest BCUT2D eigenvalue weighted by atomic mass is 16.3. The van der Waals surface area contributed by atoms with Gasteiger partial charge in [0.25, 0.3) is 0 Å². The van der Waals surface area contributed by atoms with Gasteiger partial charge >= 0.3 is 0 Å². The number of fused-ring (bicyclic) bond motifs is 2. The van der Waals surface area contributed by atoms with E-state index in [0.29, 0.717) is 16.7 Å². The Morgan fingerprint density at radius 3 is 2.20 bits per heavy atom. The van der Waals surface area contributed by atoms with Gasteiger partial charge in [0.05, 0.1) is 5.60 Å². The fourth-order valence-corrected chi connectivity index (χ4v) is 5.47. The first kappa shape index (κ1) is 10.1. The van der Waals surface area contributed by atoms with Gasteiger partial charge < -0.3 is 5.11 Å². The second-order valence-electron chi connectivity index (χ2n) is 7.50. The first-order chi connectivity index (χ1) is 6.79. The molecule has 4 fully saturated rings. The molecule has 1 N–H and O–H groups in total. The molecular formula is C14H24O. The Balaban J connectivity index is 2.03. The van der Waals surface area contributed by atoms with Crippen LogP contribution in [0.1, 0.15) is 53.4 Å². The van der Waals surface area contributed by atoms with E-state index in [1.807, 2.05) is 0 Å². The van der Waals surface area contributed by atoms with E-state index < -0.39 is 0 Å². The Bertz CT molecular complexity index is 304. The maximum atomic E-state index is 10.6. The van der Waals surface area contributed by atoms with Crippen LogP contribution in [0.3, 0.4) is 0 Å². The van der Waals surface area contributed by atoms with Gasteiger partial charge in [-0.25, -0.2) is 0 Å². The van der Waals surface area contributed by atoms with E-state index >= 15 is 0 Å². The maximum Gasteiger partial charge on any atom is 0.0656 e. The van der Waals surface area contributed by atoms with Crippen molar-refractivity contribution in [1.82, 2.24) is 0 Å². The van der Waals surface area contributed by atoms with Gasteiger partial charge in [-0.1, -0.05) is 20.8 Å². The highest BCUT2D eigenvalue weighted by Gasteiger charge is 2.72. The first-order valence-corrected chi connectivity index (χ1v) is 6.51. The van der Waals surface area contributed by atoms with E-state index in [1.54, 1.807) is 0 Å². The van der Waals surface area contributed by atoms with Gasteiger partial charge in [0.2, 0.25) is 0 Å². The summed E-state index contributed by atoms with van der Waals surface area (Å²) in [7, 11) is 0. The Morgan fingerprint density at radius 1 is 1.00 bits per heavy atom. The molecule has 1 heteroatoms. The fraction of sp³-hybridized carbons (Fsp3) is 1.00. The molecule has 0 heterocycles. The summed E-state index contributed by atoms with van der Waals surface area (Å²) in [6.07, 6.45) is 4.98. The largest absolute Gasteiger partial charge is 0.390 e. The van der Waals surface area contributed by atoms with E-state index in [9.17, 15) is 5.11 Å². The predicted molar refractivity (Wildman–Crippen MR) is 61.4 cm³/mol. The lowest BCUT2D eigenvalue weighted by molar-refractivity contribution is -0.304. The Kier molecular flexibility index (Phi) is 1.65. The van der Waals surface area contributed by atoms with Crippen LogP contribution < -0.4 is 0 Å². The lowest BCUT2D eigenvalue weighted by Crippen LogP contribution is -2.73. The quantitative estimate of drug-likeness (QED) is 0.648. The molecule has 0 saturated heterocycles. The molecule has 0 radical (unpaired) electrons. The lowest BCUT2D eigenvalue weighted by Gasteiger charge is -2.75. The molecule has 86 valence electrons. The van der Waals surface area contributed by atoms with Crippen molar-refractivity contribution in [2.75, 3.05) is 0 Å². The van der Waals surface area contributed by atoms with Crippen LogP contribution in [0.25, 0.3) is 0 Å². The molecule has 0 aromatic heterocycles. The second kappa shape index (κ2) is 2.45. The summed E-state index contributed by atoms with van der Waals surface area (Å²) in [6.45, 7) is 9.34. The van der Waals surface area contributed by atoms with Crippen molar-refractivity contribution in [2.24, 2.45) is 28.6 Å². The van der Waals surface area contributed by atoms with Crippen LogP contribution in [0.15, 0.2) is 0 Å². The highest BCUT2D eigenvalue weighted by molar-refractivity contribution is 5.20. The van der Waals surface area contributed by atoms with Crippen molar-refractivity contribution in [1.29, 1.82) is 0 Å². The Labute approximate surface area is 93.3 Å². The van der Waals surface area contributed by atoms with Gasteiger partial charge in [0.1, 0.15) is 0 Å². The number of hydrogen-bond donors (Lipinski definition) is 1. The third kappa shape index (κ3) is 0.988. The molecule has 5 atom stereocenters. The van der Waals surface area contributed by atoms with Crippen LogP contribution >= 0.6 is 0 Å². The van der Waals surface area contributed by atoms with Gasteiger partial charge in [-0.05, 0) is 61.2 Å². The SMILES string of the molecule is CC1(C)CCC2(C)C3CCC(C)(O)C2C31. The Morgan fingerprint density at radius 2 is 1.67 bits per heavy atom. The normalized spacial score (nSPS) is 61.0. The molecule has 5 unspecified atom stereocenters. The first-order valence-electron chi connectivity index (χ1n) is 6.51. The molecule has 4 aliphatic carbocycles. The third-order valence-corrected chi connectivity index (χ3v) is 6.19. The second-order valence-corrected chi connectivity index (χ2v) is 7.50. The van der Waals surface area contributed by atoms with Gasteiger partial charge in [-0.2, -0.15) is 0 Å². The zero-order valence-electron chi connectivity index (χ0n) is 10.5. The van der Waals surface area contributed by atoms with Crippen LogP contribution in [0.2, 0.25) is 0 Å². The molecule has 0 aliphatic heterocycles. The molecule has 15 heavy (non-hydrogen) atoms. The van der Waals surface area contributed by atoms with E-state index in [4.69, 9.17) is 0 Å². The van der Waals surface area contributed by atoms with E-state index in [-0.39, 0.29) is 5.60 Å². The van der Waals surface area contributed by atoms with Crippen LogP contribution in [0, 0.1) is 28.6 Å². The minimum absolute atomic E-state index is 0.383. The average molecular weight is 208 g/mol. The zero-order chi connectivity index (χ0) is 11.1. The summed E-state index contributed by atoms with van der Waals surface area (Å²) in [4.78, 5) is 0. The van der Waals surface area contributed by atoms with E-state index in [1.165, 1.54) is 19.3 Å². The van der Waals surface area contributed by atoms with Crippen molar-refractivity contribution < 1.29 is 5.11 Å². The molecule has 4 aliphatic rings. The van der Waals surface area contributed by atoms with Crippen LogP contribution in [0.5, 0.6) is 0 Å². The summed E-state index contributed by atoms with van der Waals surface area (Å²) in [5, 5.41) is 10.6. The van der Waals surface area contributed by atoms with Gasteiger partial charge in [0, 0.05) is 0 Å². The van der Waals surface area contributed by atoms with E-state index in [2.05, 4.69) is 27.7 Å². The van der Waals surface area contributed by atoms with Crippen molar-refractivity contribution in [3.05, 3.63) is 0 Å². The third-order valence-electron chi connectivity index (χ3n) is 6.19. The van der Waals surface area contributed by atoms with Crippen molar-refractivity contribution >= 4 is 0 Å². The summed E-state index contributed by atoms with van der Waals surface area (Å²) in [5.74, 6) is 2.28. The van der Waals surface area contributed by atoms with Gasteiger partial charge in [-0.15, -0.1) is 0 Å². The average Bonchev–Trinajstić information content (AvgIpc) is 2.08. The summed E-state index contributed by atoms with van der Waals surface area (Å²) in [6, 6.07) is 0. The van der Waals surface area contributed by atoms with Crippen LogP contribution in [0.4, 0.5) is 0 Å². The van der Waals surface area contributed by atoms with Gasteiger partial charge in [-0.3, -0.25) is 0 Å². The fourth-order valence-electron chi connectivity index (χ4n) is 5.47. The monoisotopic (exact) mass is 208 g/mol. The summed E-state index contributed by atoms with van der Waals surface area (Å²) >= 11 is 0. The zero-order valence-corrected chi connectivity index (χ0v) is 10.5. The molecule has 4 rings (SSSR count). The topological polar surface area (TPSA) is 20.2 Å². The van der Waals surface area contributed by atoms with Crippen LogP contribution in [-0.4, -0.2) is 10.7 Å². The minimum atomic E-state index is -0.383. The standard InChI is InChI=1S/C14H24O/c1-12(2)7-8-13(3)9-5-6-14(4,15)11(13)10(9)12/h9-11,15H,5-8H2,1-4H3. The predicted octanol–water partition coefficient (Wildman–Crippen LogP) is 3.22. The Hall–Kier alpha value is -0.0400. The minimum Gasteiger partial charge on any atom is -0.390 e. The molecular weight excluding hydrogens is 184 g/mol. The molecule has 0 aromatic carbocycles.